The SMILES string of the molecule is NCCCC[C@H](NC(=O)[C@H](CCCCN)NC(=O)[C@H](CC(=O)O)NC(=O)[C@H](Cc1ccccc1)NC(=O)[C@H](Cc1ccccc1)NC(=O)[C@@H](N)CO)C(=O)N[C@@H](CCCN=C(N)N)C(=O)N[C@@H](CO)C(=O)N[C@@H](CCC(=O)O)C(=O)N[C@H](C=O)CCCN=C(N)N. The molecule has 2 aromatic carbocycles. The summed E-state index contributed by atoms with van der Waals surface area (Å²) in [7, 11) is 0. The number of aliphatic hydroxyl groups excluding tert-OH is 2. The van der Waals surface area contributed by atoms with Crippen LogP contribution in [0.2, 0.25) is 0 Å². The van der Waals surface area contributed by atoms with Crippen molar-refractivity contribution in [3.63, 3.8) is 0 Å². The molecule has 504 valence electrons. The van der Waals surface area contributed by atoms with E-state index in [9.17, 15) is 78.0 Å². The summed E-state index contributed by atoms with van der Waals surface area (Å²) in [6.45, 7) is -1.54. The quantitative estimate of drug-likeness (QED) is 0.0127. The fourth-order valence-corrected chi connectivity index (χ4v) is 8.77. The first-order valence-electron chi connectivity index (χ1n) is 29.5. The summed E-state index contributed by atoms with van der Waals surface area (Å²) < 4.78 is 0. The minimum absolute atomic E-state index is 0.00794. The third-order valence-corrected chi connectivity index (χ3v) is 13.7. The second kappa shape index (κ2) is 43.3. The number of aliphatic hydroxyl groups is 2. The second-order valence-corrected chi connectivity index (χ2v) is 21.1. The molecule has 0 aromatic heterocycles. The summed E-state index contributed by atoms with van der Waals surface area (Å²) in [5.74, 6) is -12.7. The van der Waals surface area contributed by atoms with Crippen LogP contribution < -0.4 is 88.0 Å². The number of benzene rings is 2. The normalized spacial score (nSPS) is 14.2. The molecule has 2 rings (SSSR count). The highest BCUT2D eigenvalue weighted by Gasteiger charge is 2.36. The van der Waals surface area contributed by atoms with Gasteiger partial charge in [0.2, 0.25) is 53.2 Å². The van der Waals surface area contributed by atoms with Crippen molar-refractivity contribution in [1.82, 2.24) is 47.9 Å². The topological polar surface area (TPSA) is 601 Å². The molecule has 0 saturated heterocycles. The van der Waals surface area contributed by atoms with Crippen molar-refractivity contribution in [2.45, 2.75) is 157 Å². The minimum Gasteiger partial charge on any atom is -0.481 e. The molecule has 27 N–H and O–H groups in total. The Kier molecular flexibility index (Phi) is 37.0. The van der Waals surface area contributed by atoms with Crippen molar-refractivity contribution in [2.24, 2.45) is 50.1 Å². The van der Waals surface area contributed by atoms with E-state index in [4.69, 9.17) is 40.1 Å². The Morgan fingerprint density at radius 1 is 0.418 bits per heavy atom. The third-order valence-electron chi connectivity index (χ3n) is 13.7. The number of amides is 9. The molecule has 0 heterocycles. The maximum atomic E-state index is 14.4. The molecule has 0 aliphatic carbocycles. The van der Waals surface area contributed by atoms with Gasteiger partial charge >= 0.3 is 11.9 Å². The lowest BCUT2D eigenvalue weighted by Gasteiger charge is -2.28. The monoisotopic (exact) mass is 1280 g/mol. The molecule has 0 saturated carbocycles. The molecule has 0 unspecified atom stereocenters. The number of hydrogen-bond donors (Lipinski definition) is 20. The molecule has 2 aromatic rings. The molecule has 10 atom stereocenters. The first kappa shape index (κ1) is 77.7. The molecule has 0 aliphatic rings. The lowest BCUT2D eigenvalue weighted by molar-refractivity contribution is -0.141. The number of carbonyl (C=O) groups is 12. The molecular weight excluding hydrogens is 1190 g/mol. The van der Waals surface area contributed by atoms with Crippen LogP contribution in [0, 0.1) is 0 Å². The van der Waals surface area contributed by atoms with Gasteiger partial charge in [0.15, 0.2) is 11.9 Å². The number of aldehydes is 1. The van der Waals surface area contributed by atoms with E-state index in [1.807, 2.05) is 0 Å². The van der Waals surface area contributed by atoms with Crippen molar-refractivity contribution < 1.29 is 78.0 Å². The number of carboxylic acids is 2. The van der Waals surface area contributed by atoms with E-state index in [2.05, 4.69) is 57.8 Å². The van der Waals surface area contributed by atoms with Gasteiger partial charge < -0.3 is 113 Å². The van der Waals surface area contributed by atoms with Crippen LogP contribution in [0.3, 0.4) is 0 Å². The Bertz CT molecular complexity index is 2740. The lowest BCUT2D eigenvalue weighted by Crippen LogP contribution is -2.61. The van der Waals surface area contributed by atoms with E-state index in [-0.39, 0.29) is 102 Å². The smallest absolute Gasteiger partial charge is 0.305 e. The molecule has 0 bridgehead atoms. The summed E-state index contributed by atoms with van der Waals surface area (Å²) >= 11 is 0. The zero-order valence-corrected chi connectivity index (χ0v) is 50.6. The van der Waals surface area contributed by atoms with Crippen molar-refractivity contribution in [1.29, 1.82) is 0 Å². The van der Waals surface area contributed by atoms with Gasteiger partial charge in [-0.15, -0.1) is 0 Å². The number of nitrogens with one attached hydrogen (secondary N) is 9. The Labute approximate surface area is 525 Å². The van der Waals surface area contributed by atoms with Gasteiger partial charge in [-0.2, -0.15) is 0 Å². The highest BCUT2D eigenvalue weighted by molar-refractivity contribution is 5.99. The first-order chi connectivity index (χ1) is 43.3. The highest BCUT2D eigenvalue weighted by atomic mass is 16.4. The van der Waals surface area contributed by atoms with Gasteiger partial charge in [0.05, 0.1) is 25.7 Å². The number of aliphatic carboxylic acids is 2. The highest BCUT2D eigenvalue weighted by Crippen LogP contribution is 2.12. The zero-order valence-electron chi connectivity index (χ0n) is 50.6. The zero-order chi connectivity index (χ0) is 67.8. The Balaban J connectivity index is 2.51. The number of nitrogens with two attached hydrogens (primary N) is 7. The number of carboxylic acid groups (broad SMARTS) is 2. The standard InChI is InChI=1S/C57H90N18O16/c58-23-9-7-18-37(49(85)69-39(20-12-26-66-57(63)64)51(87)75-44(32-78)55(91)71-40(21-22-45(79)80)48(84)67-35(30-76)17-11-25-65-56(61)62)68-50(86)38(19-8-10-24-59)70-54(90)43(29-46(81)82)74-53(89)42(28-34-15-5-2-6-16-34)73-52(88)41(72-47(83)36(60)31-77)27-33-13-3-1-4-14-33/h1-6,13-16,30,35-44,77-78H,7-12,17-29,31-32,58-60H2,(H,67,84)(H,68,86)(H,69,85)(H,70,90)(H,71,91)(H,72,83)(H,73,88)(H,74,89)(H,75,87)(H,79,80)(H,81,82)(H4,61,62,65)(H4,63,64,66)/t35-,36-,37-,38-,39-,40-,41-,42-,43-,44-/m0/s1. The molecule has 91 heavy (non-hydrogen) atoms. The van der Waals surface area contributed by atoms with Crippen LogP contribution >= 0.6 is 0 Å². The maximum absolute atomic E-state index is 14.4. The van der Waals surface area contributed by atoms with Gasteiger partial charge in [-0.05, 0) is 94.8 Å². The minimum atomic E-state index is -1.92. The van der Waals surface area contributed by atoms with Crippen LogP contribution in [-0.2, 0) is 70.4 Å². The number of aliphatic imine (C=N–C) groups is 2. The number of nitrogens with zero attached hydrogens (tertiary/aromatic N) is 2. The molecule has 0 fully saturated rings. The largest absolute Gasteiger partial charge is 0.481 e. The van der Waals surface area contributed by atoms with E-state index >= 15 is 0 Å². The lowest BCUT2D eigenvalue weighted by atomic mass is 10.0. The fourth-order valence-electron chi connectivity index (χ4n) is 8.77. The van der Waals surface area contributed by atoms with E-state index in [0.717, 1.165) is 0 Å². The Morgan fingerprint density at radius 2 is 0.769 bits per heavy atom. The van der Waals surface area contributed by atoms with Crippen molar-refractivity contribution in [3.8, 4) is 0 Å². The molecule has 0 spiro atoms. The van der Waals surface area contributed by atoms with Crippen molar-refractivity contribution >= 4 is 83.3 Å². The van der Waals surface area contributed by atoms with Gasteiger partial charge in [-0.25, -0.2) is 0 Å². The first-order valence-corrected chi connectivity index (χ1v) is 29.5. The molecule has 9 amide bonds. The molecule has 34 nitrogen and oxygen atoms in total. The van der Waals surface area contributed by atoms with E-state index in [0.29, 0.717) is 30.3 Å². The summed E-state index contributed by atoms with van der Waals surface area (Å²) in [5, 5.41) is 61.4. The fraction of sp³-hybridized carbons (Fsp3) is 0.544. The van der Waals surface area contributed by atoms with Crippen LogP contribution in [0.1, 0.15) is 94.6 Å². The van der Waals surface area contributed by atoms with E-state index < -0.39 is 158 Å². The van der Waals surface area contributed by atoms with Gasteiger partial charge in [0.25, 0.3) is 0 Å². The van der Waals surface area contributed by atoms with Gasteiger partial charge in [0.1, 0.15) is 60.7 Å². The van der Waals surface area contributed by atoms with Crippen LogP contribution in [0.5, 0.6) is 0 Å². The van der Waals surface area contributed by atoms with Crippen LogP contribution in [0.25, 0.3) is 0 Å². The molecular formula is C57H90N18O16. The molecule has 0 radical (unpaired) electrons. The van der Waals surface area contributed by atoms with Gasteiger partial charge in [-0.3, -0.25) is 62.7 Å². The van der Waals surface area contributed by atoms with Gasteiger partial charge in [0, 0.05) is 32.4 Å². The van der Waals surface area contributed by atoms with Crippen LogP contribution in [0.15, 0.2) is 70.6 Å². The van der Waals surface area contributed by atoms with Crippen molar-refractivity contribution in [3.05, 3.63) is 71.8 Å². The Morgan fingerprint density at radius 3 is 1.16 bits per heavy atom. The number of rotatable bonds is 46. The van der Waals surface area contributed by atoms with Crippen LogP contribution in [0.4, 0.5) is 0 Å². The average Bonchev–Trinajstić information content (AvgIpc) is 2.26. The molecule has 0 aliphatic heterocycles. The summed E-state index contributed by atoms with van der Waals surface area (Å²) in [4.78, 5) is 169. The summed E-state index contributed by atoms with van der Waals surface area (Å²) in [6.07, 6.45) is -1.30. The van der Waals surface area contributed by atoms with E-state index in [1.54, 1.807) is 60.7 Å². The molecule has 34 heteroatoms. The van der Waals surface area contributed by atoms with Gasteiger partial charge in [-0.1, -0.05) is 60.7 Å². The summed E-state index contributed by atoms with van der Waals surface area (Å²) in [6, 6.07) is 1.30. The summed E-state index contributed by atoms with van der Waals surface area (Å²) in [5.41, 5.74) is 40.0. The number of hydrogen-bond acceptors (Lipinski definition) is 19. The number of unbranched alkanes of at least 4 members (excludes halogenated alkanes) is 2. The predicted molar refractivity (Wildman–Crippen MR) is 331 cm³/mol. The maximum Gasteiger partial charge on any atom is 0.305 e. The van der Waals surface area contributed by atoms with Crippen LogP contribution in [-0.4, -0.2) is 204 Å². The second-order valence-electron chi connectivity index (χ2n) is 21.1. The van der Waals surface area contributed by atoms with E-state index in [1.165, 1.54) is 0 Å². The number of guanidine groups is 2. The third kappa shape index (κ3) is 31.6. The van der Waals surface area contributed by atoms with Crippen molar-refractivity contribution in [2.75, 3.05) is 39.4 Å². The Hall–Kier alpha value is -9.38. The predicted octanol–water partition coefficient (Wildman–Crippen LogP) is -6.95. The number of carbonyl (C=O) groups excluding carboxylic acids is 10. The average molecular weight is 1280 g/mol.